The highest BCUT2D eigenvalue weighted by molar-refractivity contribution is 7.89. The van der Waals surface area contributed by atoms with E-state index >= 15 is 0 Å². The molecular formula is C15H24N2O4S. The highest BCUT2D eigenvalue weighted by atomic mass is 32.2. The van der Waals surface area contributed by atoms with Gasteiger partial charge >= 0.3 is 5.97 Å². The third-order valence-electron chi connectivity index (χ3n) is 2.96. The second-order valence-electron chi connectivity index (χ2n) is 5.90. The average molecular weight is 328 g/mol. The number of carbonyl (C=O) groups is 1. The molecule has 0 heterocycles. The van der Waals surface area contributed by atoms with Gasteiger partial charge in [0.25, 0.3) is 0 Å². The predicted molar refractivity (Wildman–Crippen MR) is 86.8 cm³/mol. The number of sulfonamides is 1. The summed E-state index contributed by atoms with van der Waals surface area (Å²) >= 11 is 0. The van der Waals surface area contributed by atoms with Crippen molar-refractivity contribution in [1.29, 1.82) is 0 Å². The molecule has 0 amide bonds. The Morgan fingerprint density at radius 3 is 2.36 bits per heavy atom. The Kier molecular flexibility index (Phi) is 6.37. The van der Waals surface area contributed by atoms with E-state index in [2.05, 4.69) is 23.9 Å². The summed E-state index contributed by atoms with van der Waals surface area (Å²) in [6.45, 7) is 8.20. The molecule has 0 aromatic heterocycles. The van der Waals surface area contributed by atoms with Crippen LogP contribution in [-0.4, -0.2) is 32.1 Å². The van der Waals surface area contributed by atoms with E-state index in [0.717, 1.165) is 6.42 Å². The van der Waals surface area contributed by atoms with E-state index < -0.39 is 16.0 Å². The minimum atomic E-state index is -3.71. The molecule has 0 aliphatic carbocycles. The molecular weight excluding hydrogens is 304 g/mol. The van der Waals surface area contributed by atoms with Crippen molar-refractivity contribution < 1.29 is 18.3 Å². The van der Waals surface area contributed by atoms with Crippen LogP contribution in [0.5, 0.6) is 0 Å². The van der Waals surface area contributed by atoms with Gasteiger partial charge in [0.15, 0.2) is 0 Å². The Hall–Kier alpha value is -1.60. The summed E-state index contributed by atoms with van der Waals surface area (Å²) in [5, 5.41) is 12.3. The Balaban J connectivity index is 3.07. The molecule has 22 heavy (non-hydrogen) atoms. The van der Waals surface area contributed by atoms with Gasteiger partial charge in [-0.1, -0.05) is 13.8 Å². The summed E-state index contributed by atoms with van der Waals surface area (Å²) in [6, 6.07) is 3.83. The van der Waals surface area contributed by atoms with E-state index in [1.165, 1.54) is 18.2 Å². The van der Waals surface area contributed by atoms with Crippen molar-refractivity contribution in [2.45, 2.75) is 45.1 Å². The maximum absolute atomic E-state index is 12.1. The minimum Gasteiger partial charge on any atom is -0.478 e. The quantitative estimate of drug-likeness (QED) is 0.681. The van der Waals surface area contributed by atoms with E-state index in [9.17, 15) is 18.3 Å². The molecule has 0 fully saturated rings. The number of anilines is 1. The van der Waals surface area contributed by atoms with Gasteiger partial charge in [-0.05, 0) is 44.4 Å². The molecule has 0 aliphatic rings. The lowest BCUT2D eigenvalue weighted by Crippen LogP contribution is -2.30. The summed E-state index contributed by atoms with van der Waals surface area (Å²) in [5.74, 6) is -0.663. The number of carboxylic acid groups (broad SMARTS) is 1. The summed E-state index contributed by atoms with van der Waals surface area (Å²) in [6.07, 6.45) is 0.897. The van der Waals surface area contributed by atoms with Crippen molar-refractivity contribution in [2.24, 2.45) is 5.92 Å². The van der Waals surface area contributed by atoms with Gasteiger partial charge in [0, 0.05) is 18.3 Å². The smallest absolute Gasteiger partial charge is 0.337 e. The van der Waals surface area contributed by atoms with Gasteiger partial charge in [-0.25, -0.2) is 17.9 Å². The van der Waals surface area contributed by atoms with Crippen LogP contribution in [0.15, 0.2) is 23.1 Å². The van der Waals surface area contributed by atoms with Crippen LogP contribution in [-0.2, 0) is 10.0 Å². The molecule has 0 spiro atoms. The lowest BCUT2D eigenvalue weighted by Gasteiger charge is -2.14. The van der Waals surface area contributed by atoms with Gasteiger partial charge < -0.3 is 10.4 Å². The van der Waals surface area contributed by atoms with Crippen LogP contribution < -0.4 is 10.0 Å². The lowest BCUT2D eigenvalue weighted by atomic mass is 10.1. The minimum absolute atomic E-state index is 0.0459. The predicted octanol–water partition coefficient (Wildman–Crippen LogP) is 2.53. The average Bonchev–Trinajstić information content (AvgIpc) is 2.36. The number of carboxylic acids is 1. The van der Waals surface area contributed by atoms with Crippen LogP contribution in [0.25, 0.3) is 0 Å². The monoisotopic (exact) mass is 328 g/mol. The molecule has 0 unspecified atom stereocenters. The first-order valence-corrected chi connectivity index (χ1v) is 8.75. The van der Waals surface area contributed by atoms with Crippen molar-refractivity contribution >= 4 is 21.7 Å². The van der Waals surface area contributed by atoms with Crippen LogP contribution >= 0.6 is 0 Å². The first-order chi connectivity index (χ1) is 10.1. The molecule has 0 bridgehead atoms. The van der Waals surface area contributed by atoms with E-state index in [1.807, 2.05) is 0 Å². The van der Waals surface area contributed by atoms with Gasteiger partial charge in [0.2, 0.25) is 10.0 Å². The van der Waals surface area contributed by atoms with Crippen molar-refractivity contribution in [3.05, 3.63) is 23.8 Å². The number of rotatable bonds is 8. The zero-order valence-corrected chi connectivity index (χ0v) is 14.2. The Bertz CT molecular complexity index is 624. The fourth-order valence-electron chi connectivity index (χ4n) is 1.90. The fraction of sp³-hybridized carbons (Fsp3) is 0.533. The molecule has 7 heteroatoms. The van der Waals surface area contributed by atoms with E-state index in [-0.39, 0.29) is 16.5 Å². The van der Waals surface area contributed by atoms with Gasteiger partial charge in [-0.2, -0.15) is 0 Å². The van der Waals surface area contributed by atoms with Crippen LogP contribution in [0, 0.1) is 5.92 Å². The third-order valence-corrected chi connectivity index (χ3v) is 4.62. The van der Waals surface area contributed by atoms with Crippen molar-refractivity contribution in [1.82, 2.24) is 4.72 Å². The van der Waals surface area contributed by atoms with Crippen LogP contribution in [0.1, 0.15) is 44.5 Å². The Labute approximate surface area is 132 Å². The third kappa shape index (κ3) is 5.31. The second-order valence-corrected chi connectivity index (χ2v) is 7.61. The molecule has 0 saturated heterocycles. The number of hydrogen-bond acceptors (Lipinski definition) is 4. The normalized spacial score (nSPS) is 11.9. The summed E-state index contributed by atoms with van der Waals surface area (Å²) in [4.78, 5) is 11.3. The highest BCUT2D eigenvalue weighted by Crippen LogP contribution is 2.21. The molecule has 0 saturated carbocycles. The number of hydrogen-bond donors (Lipinski definition) is 3. The molecule has 1 aromatic rings. The maximum Gasteiger partial charge on any atom is 0.337 e. The van der Waals surface area contributed by atoms with E-state index in [0.29, 0.717) is 18.2 Å². The van der Waals surface area contributed by atoms with E-state index in [4.69, 9.17) is 0 Å². The Morgan fingerprint density at radius 1 is 1.23 bits per heavy atom. The largest absolute Gasteiger partial charge is 0.478 e. The van der Waals surface area contributed by atoms with Crippen LogP contribution in [0.2, 0.25) is 0 Å². The molecule has 124 valence electrons. The van der Waals surface area contributed by atoms with Gasteiger partial charge in [-0.3, -0.25) is 0 Å². The number of aromatic carboxylic acids is 1. The standard InChI is InChI=1S/C15H24N2O4S/c1-10(2)7-8-16-14-6-5-12(9-13(14)15(18)19)22(20,21)17-11(3)4/h5-6,9-11,16-17H,7-8H2,1-4H3,(H,18,19). The molecule has 0 aliphatic heterocycles. The summed E-state index contributed by atoms with van der Waals surface area (Å²) < 4.78 is 26.7. The van der Waals surface area contributed by atoms with Gasteiger partial charge in [0.1, 0.15) is 0 Å². The van der Waals surface area contributed by atoms with Gasteiger partial charge in [-0.15, -0.1) is 0 Å². The summed E-state index contributed by atoms with van der Waals surface area (Å²) in [5.41, 5.74) is 0.382. The van der Waals surface area contributed by atoms with Crippen LogP contribution in [0.4, 0.5) is 5.69 Å². The molecule has 0 atom stereocenters. The van der Waals surface area contributed by atoms with Crippen molar-refractivity contribution in [3.8, 4) is 0 Å². The van der Waals surface area contributed by atoms with Crippen molar-refractivity contribution in [2.75, 3.05) is 11.9 Å². The Morgan fingerprint density at radius 2 is 1.86 bits per heavy atom. The first kappa shape index (κ1) is 18.4. The van der Waals surface area contributed by atoms with Gasteiger partial charge in [0.05, 0.1) is 10.5 Å². The zero-order valence-electron chi connectivity index (χ0n) is 13.4. The van der Waals surface area contributed by atoms with E-state index in [1.54, 1.807) is 13.8 Å². The number of nitrogens with one attached hydrogen (secondary N) is 2. The second kappa shape index (κ2) is 7.60. The highest BCUT2D eigenvalue weighted by Gasteiger charge is 2.19. The maximum atomic E-state index is 12.1. The van der Waals surface area contributed by atoms with Crippen LogP contribution in [0.3, 0.4) is 0 Å². The molecule has 1 aromatic carbocycles. The molecule has 3 N–H and O–H groups in total. The molecule has 0 radical (unpaired) electrons. The van der Waals surface area contributed by atoms with Crippen molar-refractivity contribution in [3.63, 3.8) is 0 Å². The number of benzene rings is 1. The molecule has 1 rings (SSSR count). The SMILES string of the molecule is CC(C)CCNc1ccc(S(=O)(=O)NC(C)C)cc1C(=O)O. The topological polar surface area (TPSA) is 95.5 Å². The summed E-state index contributed by atoms with van der Waals surface area (Å²) in [7, 11) is -3.71. The zero-order chi connectivity index (χ0) is 16.9. The first-order valence-electron chi connectivity index (χ1n) is 7.27. The molecule has 6 nitrogen and oxygen atoms in total. The fourth-order valence-corrected chi connectivity index (χ4v) is 3.17. The lowest BCUT2D eigenvalue weighted by molar-refractivity contribution is 0.0697.